The fraction of sp³-hybridized carbons (Fsp3) is 0.455. The van der Waals surface area contributed by atoms with Gasteiger partial charge in [0, 0.05) is 32.5 Å². The molecule has 2 atom stereocenters. The topological polar surface area (TPSA) is 32.7 Å². The zero-order chi connectivity index (χ0) is 17.4. The molecule has 1 saturated heterocycles. The molecule has 4 rings (SSSR count). The molecule has 0 spiro atoms. The van der Waals surface area contributed by atoms with E-state index in [1.807, 2.05) is 0 Å². The number of hydrogen-bond donors (Lipinski definition) is 1. The van der Waals surface area contributed by atoms with Gasteiger partial charge in [0.25, 0.3) is 0 Å². The summed E-state index contributed by atoms with van der Waals surface area (Å²) < 4.78 is 5.81. The first-order chi connectivity index (χ1) is 12.0. The van der Waals surface area contributed by atoms with Crippen molar-refractivity contribution in [3.8, 4) is 0 Å². The predicted octanol–water partition coefficient (Wildman–Crippen LogP) is 3.98. The highest BCUT2D eigenvalue weighted by Gasteiger charge is 2.38. The highest BCUT2D eigenvalue weighted by Crippen LogP contribution is 2.39. The monoisotopic (exact) mass is 337 g/mol. The van der Waals surface area contributed by atoms with Crippen molar-refractivity contribution >= 4 is 0 Å². The Labute approximate surface area is 150 Å². The fourth-order valence-corrected chi connectivity index (χ4v) is 4.47. The first-order valence-electron chi connectivity index (χ1n) is 9.28. The molecule has 132 valence electrons. The molecule has 2 aliphatic heterocycles. The predicted molar refractivity (Wildman–Crippen MR) is 99.0 cm³/mol. The fourth-order valence-electron chi connectivity index (χ4n) is 4.47. The van der Waals surface area contributed by atoms with E-state index in [4.69, 9.17) is 4.74 Å². The lowest BCUT2D eigenvalue weighted by molar-refractivity contribution is -0.135. The van der Waals surface area contributed by atoms with Gasteiger partial charge in [-0.15, -0.1) is 0 Å². The molecular formula is C22H27NO2. The largest absolute Gasteiger partial charge is 0.385 e. The van der Waals surface area contributed by atoms with E-state index in [0.29, 0.717) is 12.8 Å². The second kappa shape index (κ2) is 6.56. The number of benzene rings is 2. The van der Waals surface area contributed by atoms with E-state index in [-0.39, 0.29) is 12.2 Å². The first-order valence-corrected chi connectivity index (χ1v) is 9.28. The molecule has 2 unspecified atom stereocenters. The summed E-state index contributed by atoms with van der Waals surface area (Å²) in [6.45, 7) is 7.01. The molecule has 3 heteroatoms. The van der Waals surface area contributed by atoms with Gasteiger partial charge < -0.3 is 9.84 Å². The van der Waals surface area contributed by atoms with Crippen molar-refractivity contribution in [3.05, 3.63) is 70.8 Å². The molecule has 0 bridgehead atoms. The minimum atomic E-state index is -0.765. The van der Waals surface area contributed by atoms with Crippen LogP contribution in [0.1, 0.15) is 48.9 Å². The zero-order valence-electron chi connectivity index (χ0n) is 15.1. The third-order valence-corrected chi connectivity index (χ3v) is 5.50. The molecule has 1 fully saturated rings. The summed E-state index contributed by atoms with van der Waals surface area (Å²) in [5, 5.41) is 11.2. The van der Waals surface area contributed by atoms with E-state index >= 15 is 0 Å². The Hall–Kier alpha value is -1.68. The Morgan fingerprint density at radius 2 is 1.68 bits per heavy atom. The summed E-state index contributed by atoms with van der Waals surface area (Å²) in [5.74, 6) is 0. The van der Waals surface area contributed by atoms with E-state index in [2.05, 4.69) is 67.3 Å². The molecule has 2 aliphatic rings. The van der Waals surface area contributed by atoms with Gasteiger partial charge in [-0.2, -0.15) is 0 Å². The maximum Gasteiger partial charge on any atom is 0.0945 e. The second-order valence-electron chi connectivity index (χ2n) is 7.81. The van der Waals surface area contributed by atoms with Crippen molar-refractivity contribution in [3.63, 3.8) is 0 Å². The van der Waals surface area contributed by atoms with Crippen LogP contribution in [0.4, 0.5) is 0 Å². The van der Waals surface area contributed by atoms with E-state index in [1.165, 1.54) is 16.7 Å². The molecular weight excluding hydrogens is 310 g/mol. The van der Waals surface area contributed by atoms with Crippen LogP contribution in [0.2, 0.25) is 0 Å². The Bertz CT molecular complexity index is 733. The molecule has 2 aromatic carbocycles. The third-order valence-electron chi connectivity index (χ3n) is 5.50. The number of fused-ring (bicyclic) bond motifs is 1. The van der Waals surface area contributed by atoms with Gasteiger partial charge in [-0.25, -0.2) is 0 Å². The van der Waals surface area contributed by atoms with Gasteiger partial charge in [-0.3, -0.25) is 4.90 Å². The number of aliphatic hydroxyl groups is 1. The van der Waals surface area contributed by atoms with Gasteiger partial charge in [0.2, 0.25) is 0 Å². The van der Waals surface area contributed by atoms with Crippen molar-refractivity contribution in [2.45, 2.75) is 64.1 Å². The van der Waals surface area contributed by atoms with Crippen molar-refractivity contribution < 1.29 is 9.84 Å². The molecule has 0 saturated carbocycles. The number of hydrogen-bond acceptors (Lipinski definition) is 3. The normalized spacial score (nSPS) is 29.6. The van der Waals surface area contributed by atoms with Crippen LogP contribution in [0.15, 0.2) is 48.5 Å². The number of nitrogens with zero attached hydrogens (tertiary/aromatic N) is 1. The van der Waals surface area contributed by atoms with Crippen molar-refractivity contribution in [2.75, 3.05) is 0 Å². The van der Waals surface area contributed by atoms with Gasteiger partial charge in [0.05, 0.1) is 17.8 Å². The average molecular weight is 337 g/mol. The molecule has 2 aromatic rings. The zero-order valence-corrected chi connectivity index (χ0v) is 15.1. The van der Waals surface area contributed by atoms with Gasteiger partial charge in [-0.05, 0) is 36.1 Å². The lowest BCUT2D eigenvalue weighted by Crippen LogP contribution is -2.41. The molecule has 0 radical (unpaired) electrons. The number of ether oxygens (including phenoxy) is 1. The van der Waals surface area contributed by atoms with Crippen LogP contribution in [0.25, 0.3) is 0 Å². The van der Waals surface area contributed by atoms with Crippen LogP contribution in [-0.2, 0) is 30.0 Å². The van der Waals surface area contributed by atoms with Crippen molar-refractivity contribution in [1.29, 1.82) is 0 Å². The van der Waals surface area contributed by atoms with Gasteiger partial charge >= 0.3 is 0 Å². The summed E-state index contributed by atoms with van der Waals surface area (Å²) in [6, 6.07) is 17.2. The standard InChI is InChI=1S/C22H27NO2/c1-16-11-22(24,12-17(2)25-16)21-9-8-19-14-23(15-20(19)10-21)13-18-6-4-3-5-7-18/h3-10,16-17,24H,11-15H2,1-2H3. The lowest BCUT2D eigenvalue weighted by atomic mass is 9.81. The third kappa shape index (κ3) is 3.50. The minimum absolute atomic E-state index is 0.0941. The quantitative estimate of drug-likeness (QED) is 0.920. The van der Waals surface area contributed by atoms with E-state index < -0.39 is 5.60 Å². The maximum atomic E-state index is 11.2. The maximum absolute atomic E-state index is 11.2. The van der Waals surface area contributed by atoms with Crippen LogP contribution in [0.5, 0.6) is 0 Å². The smallest absolute Gasteiger partial charge is 0.0945 e. The Kier molecular flexibility index (Phi) is 4.40. The summed E-state index contributed by atoms with van der Waals surface area (Å²) in [4.78, 5) is 2.46. The first kappa shape index (κ1) is 16.8. The molecule has 0 amide bonds. The van der Waals surface area contributed by atoms with Crippen LogP contribution in [0, 0.1) is 0 Å². The summed E-state index contributed by atoms with van der Waals surface area (Å²) >= 11 is 0. The summed E-state index contributed by atoms with van der Waals surface area (Å²) in [6.07, 6.45) is 1.53. The van der Waals surface area contributed by atoms with Crippen LogP contribution in [0.3, 0.4) is 0 Å². The highest BCUT2D eigenvalue weighted by atomic mass is 16.5. The van der Waals surface area contributed by atoms with E-state index in [1.54, 1.807) is 0 Å². The van der Waals surface area contributed by atoms with Crippen LogP contribution in [-0.4, -0.2) is 22.2 Å². The van der Waals surface area contributed by atoms with Gasteiger partial charge in [-0.1, -0.05) is 48.5 Å². The molecule has 3 nitrogen and oxygen atoms in total. The van der Waals surface area contributed by atoms with E-state index in [0.717, 1.165) is 25.2 Å². The lowest BCUT2D eigenvalue weighted by Gasteiger charge is -2.39. The Morgan fingerprint density at radius 1 is 1.00 bits per heavy atom. The average Bonchev–Trinajstić information content (AvgIpc) is 2.95. The minimum Gasteiger partial charge on any atom is -0.385 e. The van der Waals surface area contributed by atoms with Crippen molar-refractivity contribution in [2.24, 2.45) is 0 Å². The van der Waals surface area contributed by atoms with Crippen LogP contribution < -0.4 is 0 Å². The Balaban J connectivity index is 1.52. The van der Waals surface area contributed by atoms with Crippen LogP contribution >= 0.6 is 0 Å². The van der Waals surface area contributed by atoms with Gasteiger partial charge in [0.15, 0.2) is 0 Å². The molecule has 1 N–H and O–H groups in total. The summed E-state index contributed by atoms with van der Waals surface area (Å²) in [5.41, 5.74) is 4.38. The SMILES string of the molecule is CC1CC(O)(c2ccc3c(c2)CN(Cc2ccccc2)C3)CC(C)O1. The highest BCUT2D eigenvalue weighted by molar-refractivity contribution is 5.38. The molecule has 2 heterocycles. The Morgan fingerprint density at radius 3 is 2.40 bits per heavy atom. The van der Waals surface area contributed by atoms with Gasteiger partial charge in [0.1, 0.15) is 0 Å². The second-order valence-corrected chi connectivity index (χ2v) is 7.81. The summed E-state index contributed by atoms with van der Waals surface area (Å²) in [7, 11) is 0. The van der Waals surface area contributed by atoms with E-state index in [9.17, 15) is 5.11 Å². The number of rotatable bonds is 3. The van der Waals surface area contributed by atoms with Crippen molar-refractivity contribution in [1.82, 2.24) is 4.90 Å². The molecule has 25 heavy (non-hydrogen) atoms. The molecule has 0 aromatic heterocycles. The molecule has 0 aliphatic carbocycles.